The Morgan fingerprint density at radius 3 is 2.80 bits per heavy atom. The number of hydrogen-bond acceptors (Lipinski definition) is 5. The molecule has 5 nitrogen and oxygen atoms in total. The Morgan fingerprint density at radius 1 is 1.10 bits per heavy atom. The molecule has 1 aliphatic rings. The molecule has 0 saturated carbocycles. The summed E-state index contributed by atoms with van der Waals surface area (Å²) in [4.78, 5) is 26.9. The van der Waals surface area contributed by atoms with Crippen LogP contribution in [-0.2, 0) is 19.4 Å². The molecule has 0 atom stereocenters. The van der Waals surface area contributed by atoms with Gasteiger partial charge in [-0.25, -0.2) is 4.98 Å². The Kier molecular flexibility index (Phi) is 5.01. The molecule has 0 radical (unpaired) electrons. The van der Waals surface area contributed by atoms with Gasteiger partial charge in [-0.3, -0.25) is 14.8 Å². The molecule has 1 aromatic carbocycles. The average Bonchev–Trinajstić information content (AvgIpc) is 3.26. The van der Waals surface area contributed by atoms with Crippen LogP contribution in [0, 0.1) is 6.92 Å². The van der Waals surface area contributed by atoms with Crippen LogP contribution in [0.25, 0.3) is 22.2 Å². The summed E-state index contributed by atoms with van der Waals surface area (Å²) in [7, 11) is 0. The second kappa shape index (κ2) is 7.95. The standard InChI is InChI=1S/C24H22N4OS/c1-15-6-7-20-18(12-15)23(17-4-2-3-5-19(17)27-20)24(29)26-13-22-28-21(14-30-22)16-8-10-25-11-9-16/h6-12,14H,2-5,13H2,1H3,(H,26,29). The van der Waals surface area contributed by atoms with Gasteiger partial charge >= 0.3 is 0 Å². The van der Waals surface area contributed by atoms with Gasteiger partial charge in [0.15, 0.2) is 0 Å². The molecule has 1 aliphatic carbocycles. The lowest BCUT2D eigenvalue weighted by Crippen LogP contribution is -2.26. The predicted molar refractivity (Wildman–Crippen MR) is 120 cm³/mol. The Labute approximate surface area is 179 Å². The van der Waals surface area contributed by atoms with Crippen molar-refractivity contribution in [3.8, 4) is 11.3 Å². The van der Waals surface area contributed by atoms with Crippen molar-refractivity contribution < 1.29 is 4.79 Å². The molecule has 3 aromatic heterocycles. The number of rotatable bonds is 4. The van der Waals surface area contributed by atoms with Crippen LogP contribution in [0.5, 0.6) is 0 Å². The van der Waals surface area contributed by atoms with E-state index in [0.717, 1.165) is 75.2 Å². The second-order valence-corrected chi connectivity index (χ2v) is 8.63. The molecule has 1 N–H and O–H groups in total. The van der Waals surface area contributed by atoms with Crippen LogP contribution < -0.4 is 5.32 Å². The van der Waals surface area contributed by atoms with Crippen LogP contribution in [-0.4, -0.2) is 20.9 Å². The highest BCUT2D eigenvalue weighted by molar-refractivity contribution is 7.09. The molecule has 0 spiro atoms. The van der Waals surface area contributed by atoms with Crippen LogP contribution >= 0.6 is 11.3 Å². The SMILES string of the molecule is Cc1ccc2nc3c(c(C(=O)NCc4nc(-c5ccncc5)cs4)c2c1)CCCC3. The molecular formula is C24H22N4OS. The third kappa shape index (κ3) is 3.59. The molecule has 0 fully saturated rings. The molecule has 5 rings (SSSR count). The Morgan fingerprint density at radius 2 is 1.93 bits per heavy atom. The number of benzene rings is 1. The molecule has 30 heavy (non-hydrogen) atoms. The highest BCUT2D eigenvalue weighted by Crippen LogP contribution is 2.30. The van der Waals surface area contributed by atoms with Gasteiger partial charge in [0.1, 0.15) is 5.01 Å². The van der Waals surface area contributed by atoms with Crippen LogP contribution in [0.15, 0.2) is 48.1 Å². The lowest BCUT2D eigenvalue weighted by atomic mass is 9.89. The van der Waals surface area contributed by atoms with E-state index in [-0.39, 0.29) is 5.91 Å². The molecule has 4 aromatic rings. The summed E-state index contributed by atoms with van der Waals surface area (Å²) in [6.45, 7) is 2.47. The van der Waals surface area contributed by atoms with Crippen molar-refractivity contribution in [2.45, 2.75) is 39.2 Å². The number of aryl methyl sites for hydroxylation is 2. The topological polar surface area (TPSA) is 67.8 Å². The smallest absolute Gasteiger partial charge is 0.252 e. The third-order valence-electron chi connectivity index (χ3n) is 5.57. The first-order valence-electron chi connectivity index (χ1n) is 10.2. The van der Waals surface area contributed by atoms with Crippen molar-refractivity contribution in [3.63, 3.8) is 0 Å². The first-order chi connectivity index (χ1) is 14.7. The van der Waals surface area contributed by atoms with Crippen molar-refractivity contribution in [2.75, 3.05) is 0 Å². The average molecular weight is 415 g/mol. The summed E-state index contributed by atoms with van der Waals surface area (Å²) < 4.78 is 0. The number of pyridine rings is 2. The maximum absolute atomic E-state index is 13.3. The first kappa shape index (κ1) is 18.9. The van der Waals surface area contributed by atoms with Crippen molar-refractivity contribution in [3.05, 3.63) is 75.5 Å². The quantitative estimate of drug-likeness (QED) is 0.517. The van der Waals surface area contributed by atoms with E-state index in [9.17, 15) is 4.79 Å². The van der Waals surface area contributed by atoms with Gasteiger partial charge in [0.25, 0.3) is 5.91 Å². The van der Waals surface area contributed by atoms with E-state index in [1.807, 2.05) is 23.6 Å². The molecule has 1 amide bonds. The van der Waals surface area contributed by atoms with Crippen molar-refractivity contribution in [1.82, 2.24) is 20.3 Å². The maximum atomic E-state index is 13.3. The Bertz CT molecular complexity index is 1230. The summed E-state index contributed by atoms with van der Waals surface area (Å²) in [5.41, 5.74) is 6.98. The molecule has 150 valence electrons. The number of carbonyl (C=O) groups is 1. The van der Waals surface area contributed by atoms with Gasteiger partial charge in [-0.1, -0.05) is 11.6 Å². The van der Waals surface area contributed by atoms with Gasteiger partial charge in [-0.05, 0) is 62.4 Å². The fourth-order valence-electron chi connectivity index (χ4n) is 4.09. The van der Waals surface area contributed by atoms with Crippen molar-refractivity contribution >= 4 is 28.1 Å². The zero-order chi connectivity index (χ0) is 20.5. The lowest BCUT2D eigenvalue weighted by molar-refractivity contribution is 0.0951. The molecule has 0 unspecified atom stereocenters. The zero-order valence-electron chi connectivity index (χ0n) is 16.8. The van der Waals surface area contributed by atoms with Crippen LogP contribution in [0.1, 0.15) is 45.0 Å². The number of amides is 1. The third-order valence-corrected chi connectivity index (χ3v) is 6.42. The summed E-state index contributed by atoms with van der Waals surface area (Å²) in [6.07, 6.45) is 7.62. The molecule has 0 aliphatic heterocycles. The number of nitrogens with one attached hydrogen (secondary N) is 1. The van der Waals surface area contributed by atoms with Gasteiger partial charge in [0.05, 0.1) is 23.3 Å². The van der Waals surface area contributed by atoms with E-state index in [4.69, 9.17) is 4.98 Å². The van der Waals surface area contributed by atoms with E-state index >= 15 is 0 Å². The van der Waals surface area contributed by atoms with Gasteiger partial charge in [-0.2, -0.15) is 0 Å². The second-order valence-electron chi connectivity index (χ2n) is 7.68. The van der Waals surface area contributed by atoms with Gasteiger partial charge < -0.3 is 5.32 Å². The van der Waals surface area contributed by atoms with E-state index in [1.54, 1.807) is 23.7 Å². The minimum Gasteiger partial charge on any atom is -0.345 e. The summed E-state index contributed by atoms with van der Waals surface area (Å²) in [5, 5.41) is 6.96. The number of thiazole rings is 1. The monoisotopic (exact) mass is 414 g/mol. The summed E-state index contributed by atoms with van der Waals surface area (Å²) >= 11 is 1.56. The van der Waals surface area contributed by atoms with Crippen molar-refractivity contribution in [2.24, 2.45) is 0 Å². The van der Waals surface area contributed by atoms with E-state index in [0.29, 0.717) is 6.54 Å². The van der Waals surface area contributed by atoms with Gasteiger partial charge in [-0.15, -0.1) is 11.3 Å². The summed E-state index contributed by atoms with van der Waals surface area (Å²) in [5.74, 6) is -0.0354. The van der Waals surface area contributed by atoms with Crippen LogP contribution in [0.3, 0.4) is 0 Å². The van der Waals surface area contributed by atoms with Crippen LogP contribution in [0.4, 0.5) is 0 Å². The number of nitrogens with zero attached hydrogens (tertiary/aromatic N) is 3. The number of fused-ring (bicyclic) bond motifs is 2. The molecule has 3 heterocycles. The normalized spacial score (nSPS) is 13.2. The van der Waals surface area contributed by atoms with Gasteiger partial charge in [0.2, 0.25) is 0 Å². The highest BCUT2D eigenvalue weighted by atomic mass is 32.1. The minimum absolute atomic E-state index is 0.0354. The molecule has 6 heteroatoms. The molecule has 0 saturated heterocycles. The van der Waals surface area contributed by atoms with Gasteiger partial charge in [0, 0.05) is 34.4 Å². The van der Waals surface area contributed by atoms with E-state index in [1.165, 1.54) is 0 Å². The number of hydrogen-bond donors (Lipinski definition) is 1. The summed E-state index contributed by atoms with van der Waals surface area (Å²) in [6, 6.07) is 10.0. The molecular weight excluding hydrogens is 392 g/mol. The Balaban J connectivity index is 1.44. The Hall–Kier alpha value is -3.12. The maximum Gasteiger partial charge on any atom is 0.252 e. The van der Waals surface area contributed by atoms with Crippen LogP contribution in [0.2, 0.25) is 0 Å². The molecule has 0 bridgehead atoms. The predicted octanol–water partition coefficient (Wildman–Crippen LogP) is 4.87. The fourth-order valence-corrected chi connectivity index (χ4v) is 4.83. The van der Waals surface area contributed by atoms with E-state index in [2.05, 4.69) is 34.3 Å². The largest absolute Gasteiger partial charge is 0.345 e. The van der Waals surface area contributed by atoms with E-state index < -0.39 is 0 Å². The van der Waals surface area contributed by atoms with Crippen molar-refractivity contribution in [1.29, 1.82) is 0 Å². The first-order valence-corrected chi connectivity index (χ1v) is 11.1. The lowest BCUT2D eigenvalue weighted by Gasteiger charge is -2.20. The highest BCUT2D eigenvalue weighted by Gasteiger charge is 2.22. The zero-order valence-corrected chi connectivity index (χ0v) is 17.6. The minimum atomic E-state index is -0.0354. The fraction of sp³-hybridized carbons (Fsp3) is 0.250. The number of aromatic nitrogens is 3. The number of carbonyl (C=O) groups excluding carboxylic acids is 1.